The van der Waals surface area contributed by atoms with Gasteiger partial charge in [0, 0.05) is 42.7 Å². The summed E-state index contributed by atoms with van der Waals surface area (Å²) in [5.41, 5.74) is 9.73. The molecule has 0 spiro atoms. The fraction of sp³-hybridized carbons (Fsp3) is 0.450. The normalized spacial score (nSPS) is 15.7. The zero-order valence-corrected chi connectivity index (χ0v) is 16.9. The van der Waals surface area contributed by atoms with Crippen molar-refractivity contribution in [3.63, 3.8) is 0 Å². The number of alkyl halides is 3. The van der Waals surface area contributed by atoms with E-state index in [1.165, 1.54) is 49.1 Å². The predicted octanol–water partition coefficient (Wildman–Crippen LogP) is 3.09. The second-order valence-electron chi connectivity index (χ2n) is 7.69. The number of aromatic nitrogens is 6. The monoisotopic (exact) mass is 433 g/mol. The molecule has 0 aromatic carbocycles. The molecule has 3 aromatic rings. The summed E-state index contributed by atoms with van der Waals surface area (Å²) in [6.45, 7) is 1.08. The van der Waals surface area contributed by atoms with Gasteiger partial charge in [0.15, 0.2) is 0 Å². The smallest absolute Gasteiger partial charge is 0.363 e. The Kier molecular flexibility index (Phi) is 5.50. The van der Waals surface area contributed by atoms with Crippen molar-refractivity contribution >= 4 is 5.91 Å². The van der Waals surface area contributed by atoms with Crippen molar-refractivity contribution in [3.8, 4) is 11.3 Å². The largest absolute Gasteiger partial charge is 0.453 e. The molecule has 4 heterocycles. The number of aryl methyl sites for hydroxylation is 3. The number of pyridine rings is 1. The van der Waals surface area contributed by atoms with Crippen LogP contribution in [0.3, 0.4) is 0 Å². The lowest BCUT2D eigenvalue weighted by molar-refractivity contribution is -0.144. The number of primary amides is 1. The molecule has 5 rings (SSSR count). The van der Waals surface area contributed by atoms with Crippen molar-refractivity contribution in [2.24, 2.45) is 12.8 Å². The van der Waals surface area contributed by atoms with Crippen LogP contribution in [0.2, 0.25) is 0 Å². The van der Waals surface area contributed by atoms with Gasteiger partial charge in [-0.1, -0.05) is 0 Å². The Labute approximate surface area is 176 Å². The number of rotatable bonds is 3. The summed E-state index contributed by atoms with van der Waals surface area (Å²) in [4.78, 5) is 17.9. The number of amides is 1. The fourth-order valence-corrected chi connectivity index (χ4v) is 3.49. The van der Waals surface area contributed by atoms with Crippen LogP contribution in [-0.2, 0) is 26.2 Å². The highest BCUT2D eigenvalue weighted by Crippen LogP contribution is 2.39. The molecule has 0 unspecified atom stereocenters. The highest BCUT2D eigenvalue weighted by atomic mass is 19.4. The minimum Gasteiger partial charge on any atom is -0.363 e. The molecule has 0 bridgehead atoms. The van der Waals surface area contributed by atoms with Crippen molar-refractivity contribution in [2.45, 2.75) is 50.7 Å². The Morgan fingerprint density at radius 2 is 1.97 bits per heavy atom. The molecule has 2 N–H and O–H groups in total. The van der Waals surface area contributed by atoms with Gasteiger partial charge in [-0.3, -0.25) is 14.5 Å². The number of carbonyl (C=O) groups is 1. The number of fused-ring (bicyclic) bond motifs is 1. The molecule has 1 aliphatic heterocycles. The van der Waals surface area contributed by atoms with Crippen molar-refractivity contribution in [3.05, 3.63) is 47.4 Å². The number of hydrogen-bond acceptors (Lipinski definition) is 5. The van der Waals surface area contributed by atoms with Gasteiger partial charge < -0.3 is 5.73 Å². The second kappa shape index (κ2) is 8.12. The third kappa shape index (κ3) is 4.75. The van der Waals surface area contributed by atoms with E-state index >= 15 is 0 Å². The molecule has 164 valence electrons. The summed E-state index contributed by atoms with van der Waals surface area (Å²) in [5, 5.41) is 7.71. The van der Waals surface area contributed by atoms with Crippen molar-refractivity contribution in [2.75, 3.05) is 0 Å². The van der Waals surface area contributed by atoms with Gasteiger partial charge in [0.1, 0.15) is 0 Å². The molecule has 8 nitrogen and oxygen atoms in total. The van der Waals surface area contributed by atoms with Crippen molar-refractivity contribution in [1.29, 1.82) is 0 Å². The highest BCUT2D eigenvalue weighted by Gasteiger charge is 2.37. The predicted molar refractivity (Wildman–Crippen MR) is 105 cm³/mol. The third-order valence-electron chi connectivity index (χ3n) is 5.23. The van der Waals surface area contributed by atoms with Crippen LogP contribution < -0.4 is 5.73 Å². The molecule has 1 fully saturated rings. The van der Waals surface area contributed by atoms with E-state index in [-0.39, 0.29) is 0 Å². The molecule has 1 saturated carbocycles. The Hall–Kier alpha value is -3.24. The zero-order chi connectivity index (χ0) is 22.2. The van der Waals surface area contributed by atoms with E-state index in [9.17, 15) is 18.0 Å². The van der Waals surface area contributed by atoms with E-state index in [1.54, 1.807) is 0 Å². The molecule has 3 aromatic heterocycles. The van der Waals surface area contributed by atoms with Gasteiger partial charge >= 0.3 is 6.18 Å². The van der Waals surface area contributed by atoms with Gasteiger partial charge in [0.25, 0.3) is 11.7 Å². The summed E-state index contributed by atoms with van der Waals surface area (Å²) in [7, 11) is 1.16. The summed E-state index contributed by atoms with van der Waals surface area (Å²) in [5.74, 6) is -2.23. The average molecular weight is 433 g/mol. The molecule has 31 heavy (non-hydrogen) atoms. The van der Waals surface area contributed by atoms with Gasteiger partial charge in [-0.15, -0.1) is 5.10 Å². The highest BCUT2D eigenvalue weighted by molar-refractivity contribution is 5.88. The Morgan fingerprint density at radius 3 is 2.55 bits per heavy atom. The van der Waals surface area contributed by atoms with E-state index in [1.807, 2.05) is 6.20 Å². The number of nitrogens with two attached hydrogens (primary N) is 1. The number of carbonyl (C=O) groups excluding carboxylic acids is 1. The van der Waals surface area contributed by atoms with E-state index in [2.05, 4.69) is 37.9 Å². The topological polar surface area (TPSA) is 105 Å². The standard InChI is InChI=1S/C15H17N3.C5H5F3N4O/c1-2-8-18-13(3-1)10-15(17-18)12-6-7-16-14(9-12)11-4-5-11;1-12-3(2(9)13)10-4(11-12)5(6,7)8/h6-7,9-11H,1-5,8H2;1H3,(H2,9,13). The average Bonchev–Trinajstić information content (AvgIpc) is 3.35. The van der Waals surface area contributed by atoms with Crippen molar-refractivity contribution < 1.29 is 18.0 Å². The molecule has 2 aliphatic rings. The Bertz CT molecular complexity index is 1080. The number of halogens is 3. The molecule has 1 amide bonds. The quantitative estimate of drug-likeness (QED) is 0.684. The maximum Gasteiger partial charge on any atom is 0.453 e. The molecule has 1 aliphatic carbocycles. The van der Waals surface area contributed by atoms with Crippen LogP contribution >= 0.6 is 0 Å². The van der Waals surface area contributed by atoms with Crippen LogP contribution in [0, 0.1) is 0 Å². The lowest BCUT2D eigenvalue weighted by atomic mass is 10.1. The van der Waals surface area contributed by atoms with Crippen LogP contribution in [0.4, 0.5) is 13.2 Å². The van der Waals surface area contributed by atoms with Crippen LogP contribution in [0.1, 0.15) is 59.4 Å². The first-order chi connectivity index (χ1) is 14.7. The Balaban J connectivity index is 0.000000159. The van der Waals surface area contributed by atoms with Crippen LogP contribution in [0.15, 0.2) is 24.4 Å². The second-order valence-corrected chi connectivity index (χ2v) is 7.69. The van der Waals surface area contributed by atoms with E-state index in [0.29, 0.717) is 10.6 Å². The number of nitrogens with zero attached hydrogens (tertiary/aromatic N) is 6. The molecule has 0 saturated heterocycles. The molecular formula is C20H22F3N7O. The third-order valence-corrected chi connectivity index (χ3v) is 5.23. The molecule has 11 heteroatoms. The van der Waals surface area contributed by atoms with Crippen LogP contribution in [-0.4, -0.2) is 35.4 Å². The van der Waals surface area contributed by atoms with Gasteiger partial charge in [0.05, 0.1) is 5.69 Å². The summed E-state index contributed by atoms with van der Waals surface area (Å²) in [6.07, 6.45) is 3.61. The van der Waals surface area contributed by atoms with E-state index in [0.717, 1.165) is 19.3 Å². The first kappa shape index (κ1) is 21.0. The number of hydrogen-bond donors (Lipinski definition) is 1. The lowest BCUT2D eigenvalue weighted by Crippen LogP contribution is -2.17. The van der Waals surface area contributed by atoms with Gasteiger partial charge in [-0.2, -0.15) is 23.3 Å². The minimum atomic E-state index is -4.66. The lowest BCUT2D eigenvalue weighted by Gasteiger charge is -2.11. The first-order valence-electron chi connectivity index (χ1n) is 10.0. The van der Waals surface area contributed by atoms with Crippen LogP contribution in [0.25, 0.3) is 11.3 Å². The fourth-order valence-electron chi connectivity index (χ4n) is 3.49. The summed E-state index contributed by atoms with van der Waals surface area (Å²) < 4.78 is 38.7. The van der Waals surface area contributed by atoms with Gasteiger partial charge in [-0.05, 0) is 50.3 Å². The minimum absolute atomic E-state index is 0.521. The maximum absolute atomic E-state index is 12.0. The maximum atomic E-state index is 12.0. The Morgan fingerprint density at radius 1 is 1.19 bits per heavy atom. The molecule has 0 atom stereocenters. The zero-order valence-electron chi connectivity index (χ0n) is 16.9. The summed E-state index contributed by atoms with van der Waals surface area (Å²) >= 11 is 0. The SMILES string of the molecule is Cn1nc(C(F)(F)F)nc1C(N)=O.c1cc(-c2cc3n(n2)CCCC3)cc(C2CC2)n1. The summed E-state index contributed by atoms with van der Waals surface area (Å²) in [6, 6.07) is 6.57. The van der Waals surface area contributed by atoms with Gasteiger partial charge in [0.2, 0.25) is 5.82 Å². The van der Waals surface area contributed by atoms with Crippen LogP contribution in [0.5, 0.6) is 0 Å². The van der Waals surface area contributed by atoms with Crippen molar-refractivity contribution in [1.82, 2.24) is 29.5 Å². The first-order valence-corrected chi connectivity index (χ1v) is 10.0. The van der Waals surface area contributed by atoms with Gasteiger partial charge in [-0.25, -0.2) is 4.68 Å². The van der Waals surface area contributed by atoms with E-state index in [4.69, 9.17) is 10.8 Å². The molecule has 0 radical (unpaired) electrons. The van der Waals surface area contributed by atoms with E-state index < -0.39 is 23.7 Å². The molecular weight excluding hydrogens is 411 g/mol.